The van der Waals surface area contributed by atoms with Gasteiger partial charge in [-0.1, -0.05) is 77.6 Å². The second kappa shape index (κ2) is 18.9. The van der Waals surface area contributed by atoms with Gasteiger partial charge in [0.25, 0.3) is 0 Å². The number of hydrogen-bond acceptors (Lipinski definition) is 1. The van der Waals surface area contributed by atoms with Gasteiger partial charge in [-0.2, -0.15) is 0 Å². The summed E-state index contributed by atoms with van der Waals surface area (Å²) in [5, 5.41) is 10.3. The van der Waals surface area contributed by atoms with Crippen molar-refractivity contribution in [2.24, 2.45) is 0 Å². The number of unbranched alkanes of at least 4 members (excludes halogenated alkanes) is 12. The molecule has 0 fully saturated rings. The minimum atomic E-state index is 0.104. The maximum atomic E-state index is 10.3. The summed E-state index contributed by atoms with van der Waals surface area (Å²) >= 11 is 0. The van der Waals surface area contributed by atoms with Crippen LogP contribution in [0.3, 0.4) is 0 Å². The molecule has 1 radical (unpaired) electrons. The van der Waals surface area contributed by atoms with Crippen LogP contribution in [0.25, 0.3) is 0 Å². The molecule has 0 amide bonds. The van der Waals surface area contributed by atoms with E-state index in [9.17, 15) is 5.11 Å². The van der Waals surface area contributed by atoms with E-state index in [1.54, 1.807) is 0 Å². The topological polar surface area (TPSA) is 29.1 Å². The van der Waals surface area contributed by atoms with Gasteiger partial charge in [0.05, 0.1) is 6.61 Å². The van der Waals surface area contributed by atoms with Gasteiger partial charge < -0.3 is 4.74 Å². The number of rotatable bonds is 17. The minimum Gasteiger partial charge on any atom is -0.381 e. The van der Waals surface area contributed by atoms with Crippen LogP contribution >= 0.6 is 0 Å². The van der Waals surface area contributed by atoms with Gasteiger partial charge in [-0.3, -0.25) is 0 Å². The van der Waals surface area contributed by atoms with Crippen molar-refractivity contribution in [2.75, 3.05) is 19.8 Å². The van der Waals surface area contributed by atoms with Gasteiger partial charge in [0, 0.05) is 13.2 Å². The zero-order valence-corrected chi connectivity index (χ0v) is 13.8. The van der Waals surface area contributed by atoms with E-state index in [0.717, 1.165) is 26.1 Å². The highest BCUT2D eigenvalue weighted by Gasteiger charge is 1.94. The summed E-state index contributed by atoms with van der Waals surface area (Å²) in [6.45, 7) is 4.26. The maximum absolute atomic E-state index is 10.3. The summed E-state index contributed by atoms with van der Waals surface area (Å²) in [4.78, 5) is 0. The smallest absolute Gasteiger partial charge is 0.0822 e. The highest BCUT2D eigenvalue weighted by atomic mass is 16.5. The van der Waals surface area contributed by atoms with Crippen LogP contribution in [0, 0.1) is 0 Å². The third kappa shape index (κ3) is 17.9. The molecule has 0 spiro atoms. The lowest BCUT2D eigenvalue weighted by molar-refractivity contribution is 0.125. The first-order valence-corrected chi connectivity index (χ1v) is 9.07. The van der Waals surface area contributed by atoms with E-state index in [1.165, 1.54) is 77.0 Å². The molecule has 0 bridgehead atoms. The van der Waals surface area contributed by atoms with Crippen molar-refractivity contribution in [3.05, 3.63) is 0 Å². The van der Waals surface area contributed by atoms with Crippen LogP contribution in [0.2, 0.25) is 0 Å². The van der Waals surface area contributed by atoms with E-state index in [1.807, 2.05) is 0 Å². The summed E-state index contributed by atoms with van der Waals surface area (Å²) in [5.74, 6) is 0. The lowest BCUT2D eigenvalue weighted by Gasteiger charge is -2.05. The standard InChI is InChI=1S/C18H37O2/c1-2-3-4-5-8-11-14-17-20-18-15-12-9-6-7-10-13-16-19/h2-18H2,1H3. The third-order valence-electron chi connectivity index (χ3n) is 3.83. The van der Waals surface area contributed by atoms with Gasteiger partial charge in [-0.15, -0.1) is 0 Å². The van der Waals surface area contributed by atoms with Crippen LogP contribution in [0.1, 0.15) is 96.8 Å². The summed E-state index contributed by atoms with van der Waals surface area (Å²) in [5.41, 5.74) is 0. The predicted octanol–water partition coefficient (Wildman–Crippen LogP) is 5.91. The Hall–Kier alpha value is -0.0800. The molecule has 0 aliphatic carbocycles. The predicted molar refractivity (Wildman–Crippen MR) is 86.7 cm³/mol. The van der Waals surface area contributed by atoms with E-state index in [0.29, 0.717) is 0 Å². The summed E-state index contributed by atoms with van der Waals surface area (Å²) < 4.78 is 5.67. The molecule has 0 heterocycles. The van der Waals surface area contributed by atoms with Gasteiger partial charge in [-0.25, -0.2) is 5.11 Å². The minimum absolute atomic E-state index is 0.104. The molecule has 0 saturated carbocycles. The molecule has 0 aliphatic heterocycles. The lowest BCUT2D eigenvalue weighted by Crippen LogP contribution is -1.97. The highest BCUT2D eigenvalue weighted by molar-refractivity contribution is 4.47. The Morgan fingerprint density at radius 1 is 0.550 bits per heavy atom. The van der Waals surface area contributed by atoms with E-state index in [-0.39, 0.29) is 6.61 Å². The van der Waals surface area contributed by atoms with Gasteiger partial charge in [0.15, 0.2) is 0 Å². The molecule has 121 valence electrons. The van der Waals surface area contributed by atoms with Crippen molar-refractivity contribution in [1.29, 1.82) is 0 Å². The van der Waals surface area contributed by atoms with Crippen LogP contribution in [-0.2, 0) is 9.84 Å². The van der Waals surface area contributed by atoms with Crippen molar-refractivity contribution < 1.29 is 9.84 Å². The molecule has 0 aromatic heterocycles. The maximum Gasteiger partial charge on any atom is 0.0822 e. The molecule has 2 nitrogen and oxygen atoms in total. The molecule has 20 heavy (non-hydrogen) atoms. The fraction of sp³-hybridized carbons (Fsp3) is 1.00. The van der Waals surface area contributed by atoms with E-state index in [4.69, 9.17) is 4.74 Å². The largest absolute Gasteiger partial charge is 0.381 e. The molecule has 0 aromatic rings. The fourth-order valence-electron chi connectivity index (χ4n) is 2.45. The molecule has 0 unspecified atom stereocenters. The van der Waals surface area contributed by atoms with Gasteiger partial charge >= 0.3 is 0 Å². The summed E-state index contributed by atoms with van der Waals surface area (Å²) in [7, 11) is 0. The molecular weight excluding hydrogens is 248 g/mol. The Labute approximate surface area is 127 Å². The zero-order valence-electron chi connectivity index (χ0n) is 13.8. The Morgan fingerprint density at radius 3 is 1.40 bits per heavy atom. The fourth-order valence-corrected chi connectivity index (χ4v) is 2.45. The summed E-state index contributed by atoms with van der Waals surface area (Å²) in [6.07, 6.45) is 17.8. The quantitative estimate of drug-likeness (QED) is 0.305. The molecule has 0 aliphatic rings. The summed E-state index contributed by atoms with van der Waals surface area (Å²) in [6, 6.07) is 0. The molecule has 0 saturated heterocycles. The third-order valence-corrected chi connectivity index (χ3v) is 3.83. The Kier molecular flexibility index (Phi) is 18.8. The first-order chi connectivity index (χ1) is 9.91. The molecule has 2 heteroatoms. The average Bonchev–Trinajstić information content (AvgIpc) is 2.47. The first-order valence-electron chi connectivity index (χ1n) is 9.07. The van der Waals surface area contributed by atoms with Gasteiger partial charge in [-0.05, 0) is 19.3 Å². The first kappa shape index (κ1) is 19.9. The van der Waals surface area contributed by atoms with E-state index >= 15 is 0 Å². The lowest BCUT2D eigenvalue weighted by atomic mass is 10.1. The zero-order chi connectivity index (χ0) is 14.7. The van der Waals surface area contributed by atoms with Crippen molar-refractivity contribution in [1.82, 2.24) is 0 Å². The van der Waals surface area contributed by atoms with Crippen LogP contribution in [0.15, 0.2) is 0 Å². The monoisotopic (exact) mass is 285 g/mol. The average molecular weight is 285 g/mol. The Morgan fingerprint density at radius 2 is 0.950 bits per heavy atom. The van der Waals surface area contributed by atoms with E-state index < -0.39 is 0 Å². The van der Waals surface area contributed by atoms with Crippen LogP contribution < -0.4 is 0 Å². The van der Waals surface area contributed by atoms with Crippen molar-refractivity contribution >= 4 is 0 Å². The van der Waals surface area contributed by atoms with Crippen LogP contribution in [0.4, 0.5) is 0 Å². The molecule has 0 atom stereocenters. The Bertz CT molecular complexity index is 141. The normalized spacial score (nSPS) is 11.1. The van der Waals surface area contributed by atoms with Crippen LogP contribution in [-0.4, -0.2) is 19.8 Å². The highest BCUT2D eigenvalue weighted by Crippen LogP contribution is 2.08. The van der Waals surface area contributed by atoms with Gasteiger partial charge in [0.1, 0.15) is 0 Å². The number of ether oxygens (including phenoxy) is 1. The molecule has 0 aromatic carbocycles. The van der Waals surface area contributed by atoms with Crippen molar-refractivity contribution in [2.45, 2.75) is 96.8 Å². The SMILES string of the molecule is CCCCCCCCCOCCCCCCCCC[O]. The van der Waals surface area contributed by atoms with Crippen LogP contribution in [0.5, 0.6) is 0 Å². The van der Waals surface area contributed by atoms with E-state index in [2.05, 4.69) is 6.92 Å². The number of hydrogen-bond donors (Lipinski definition) is 0. The molecular formula is C18H37O2. The van der Waals surface area contributed by atoms with Gasteiger partial charge in [0.2, 0.25) is 0 Å². The second-order valence-electron chi connectivity index (χ2n) is 5.91. The second-order valence-corrected chi connectivity index (χ2v) is 5.91. The van der Waals surface area contributed by atoms with Crippen molar-refractivity contribution in [3.8, 4) is 0 Å². The molecule has 0 rings (SSSR count). The molecule has 0 N–H and O–H groups in total. The van der Waals surface area contributed by atoms with Crippen molar-refractivity contribution in [3.63, 3.8) is 0 Å². The Balaban J connectivity index is 2.89.